The molecular weight excluding hydrogens is 314 g/mol. The minimum absolute atomic E-state index is 0.00325. The molecule has 2 rings (SSSR count). The maximum absolute atomic E-state index is 12.3. The van der Waals surface area contributed by atoms with Gasteiger partial charge in [-0.3, -0.25) is 4.79 Å². The van der Waals surface area contributed by atoms with Crippen LogP contribution in [-0.4, -0.2) is 39.0 Å². The molecule has 0 bridgehead atoms. The van der Waals surface area contributed by atoms with Crippen LogP contribution in [0.25, 0.3) is 0 Å². The number of hydrogen-bond acceptors (Lipinski definition) is 4. The second-order valence-electron chi connectivity index (χ2n) is 6.45. The Bertz CT molecular complexity index is 640. The second-order valence-corrected chi connectivity index (χ2v) is 8.67. The van der Waals surface area contributed by atoms with E-state index in [9.17, 15) is 13.2 Å². The van der Waals surface area contributed by atoms with Crippen molar-refractivity contribution in [2.24, 2.45) is 11.8 Å². The van der Waals surface area contributed by atoms with Crippen LogP contribution >= 0.6 is 0 Å². The minimum Gasteiger partial charge on any atom is -0.493 e. The first-order valence-corrected chi connectivity index (χ1v) is 9.88. The van der Waals surface area contributed by atoms with Crippen LogP contribution in [0.3, 0.4) is 0 Å². The maximum atomic E-state index is 12.3. The van der Waals surface area contributed by atoms with Crippen LogP contribution in [0, 0.1) is 11.8 Å². The lowest BCUT2D eigenvalue weighted by Gasteiger charge is -2.14. The van der Waals surface area contributed by atoms with Crippen molar-refractivity contribution in [1.82, 2.24) is 5.32 Å². The van der Waals surface area contributed by atoms with E-state index in [1.807, 2.05) is 38.1 Å². The van der Waals surface area contributed by atoms with Crippen molar-refractivity contribution in [3.63, 3.8) is 0 Å². The molecule has 1 aliphatic rings. The summed E-state index contributed by atoms with van der Waals surface area (Å²) in [6.45, 7) is 4.42. The molecule has 1 amide bonds. The van der Waals surface area contributed by atoms with E-state index in [1.165, 1.54) is 0 Å². The highest BCUT2D eigenvalue weighted by atomic mass is 32.2. The molecule has 1 heterocycles. The zero-order valence-corrected chi connectivity index (χ0v) is 14.6. The number of hydrogen-bond donors (Lipinski definition) is 1. The summed E-state index contributed by atoms with van der Waals surface area (Å²) in [4.78, 5) is 12.3. The number of carbonyl (C=O) groups is 1. The predicted molar refractivity (Wildman–Crippen MR) is 90.2 cm³/mol. The molecule has 1 aromatic rings. The van der Waals surface area contributed by atoms with Gasteiger partial charge in [0.1, 0.15) is 5.75 Å². The predicted octanol–water partition coefficient (Wildman–Crippen LogP) is 1.81. The fourth-order valence-corrected chi connectivity index (χ4v) is 4.38. The summed E-state index contributed by atoms with van der Waals surface area (Å²) < 4.78 is 29.3. The third-order valence-electron chi connectivity index (χ3n) is 3.83. The number of para-hydroxylation sites is 1. The van der Waals surface area contributed by atoms with E-state index >= 15 is 0 Å². The van der Waals surface area contributed by atoms with Crippen LogP contribution in [-0.2, 0) is 21.1 Å². The number of sulfone groups is 1. The number of nitrogens with one attached hydrogen (secondary N) is 1. The number of rotatable bonds is 6. The van der Waals surface area contributed by atoms with Gasteiger partial charge in [-0.2, -0.15) is 0 Å². The van der Waals surface area contributed by atoms with E-state index < -0.39 is 9.84 Å². The normalized spacial score (nSPS) is 18.0. The number of amides is 1. The maximum Gasteiger partial charge on any atom is 0.223 e. The third-order valence-corrected chi connectivity index (χ3v) is 5.83. The van der Waals surface area contributed by atoms with E-state index in [-0.39, 0.29) is 35.8 Å². The van der Waals surface area contributed by atoms with E-state index in [4.69, 9.17) is 4.74 Å². The Morgan fingerprint density at radius 2 is 2.09 bits per heavy atom. The summed E-state index contributed by atoms with van der Waals surface area (Å²) in [6.07, 6.45) is 1.26. The SMILES string of the molecule is CC(C)CS(=O)(=O)CCNC(=O)C1CCOc2ccccc2C1. The number of benzene rings is 1. The van der Waals surface area contributed by atoms with E-state index in [0.717, 1.165) is 11.3 Å². The molecule has 5 nitrogen and oxygen atoms in total. The molecule has 6 heteroatoms. The highest BCUT2D eigenvalue weighted by Crippen LogP contribution is 2.26. The minimum atomic E-state index is -3.10. The van der Waals surface area contributed by atoms with E-state index in [0.29, 0.717) is 19.4 Å². The number of ether oxygens (including phenoxy) is 1. The largest absolute Gasteiger partial charge is 0.493 e. The fourth-order valence-electron chi connectivity index (χ4n) is 2.78. The molecule has 0 saturated heterocycles. The van der Waals surface area contributed by atoms with Gasteiger partial charge in [0.05, 0.1) is 18.1 Å². The molecule has 0 aromatic heterocycles. The zero-order chi connectivity index (χ0) is 16.9. The average Bonchev–Trinajstić information content (AvgIpc) is 2.67. The van der Waals surface area contributed by atoms with Gasteiger partial charge in [-0.25, -0.2) is 8.42 Å². The monoisotopic (exact) mass is 339 g/mol. The highest BCUT2D eigenvalue weighted by Gasteiger charge is 2.24. The summed E-state index contributed by atoms with van der Waals surface area (Å²) in [5.41, 5.74) is 1.03. The molecule has 0 saturated carbocycles. The van der Waals surface area contributed by atoms with Gasteiger partial charge in [0, 0.05) is 12.5 Å². The standard InChI is InChI=1S/C17H25NO4S/c1-13(2)12-23(20,21)10-8-18-17(19)15-7-9-22-16-6-4-3-5-14(16)11-15/h3-6,13,15H,7-12H2,1-2H3,(H,18,19). The summed E-state index contributed by atoms with van der Waals surface area (Å²) >= 11 is 0. The van der Waals surface area contributed by atoms with Crippen LogP contribution in [0.5, 0.6) is 5.75 Å². The molecule has 0 radical (unpaired) electrons. The molecule has 128 valence electrons. The molecule has 1 N–H and O–H groups in total. The van der Waals surface area contributed by atoms with E-state index in [2.05, 4.69) is 5.32 Å². The Labute approximate surface area is 138 Å². The van der Waals surface area contributed by atoms with Crippen molar-refractivity contribution in [3.8, 4) is 5.75 Å². The first kappa shape index (κ1) is 17.8. The van der Waals surface area contributed by atoms with Gasteiger partial charge in [0.15, 0.2) is 9.84 Å². The quantitative estimate of drug-likeness (QED) is 0.858. The Morgan fingerprint density at radius 1 is 1.35 bits per heavy atom. The van der Waals surface area contributed by atoms with Gasteiger partial charge >= 0.3 is 0 Å². The average molecular weight is 339 g/mol. The summed E-state index contributed by atoms with van der Waals surface area (Å²) in [7, 11) is -3.10. The van der Waals surface area contributed by atoms with Crippen molar-refractivity contribution < 1.29 is 17.9 Å². The Balaban J connectivity index is 1.87. The van der Waals surface area contributed by atoms with Crippen molar-refractivity contribution in [3.05, 3.63) is 29.8 Å². The molecule has 0 spiro atoms. The van der Waals surface area contributed by atoms with Crippen LogP contribution in [0.15, 0.2) is 24.3 Å². The Hall–Kier alpha value is -1.56. The van der Waals surface area contributed by atoms with Crippen molar-refractivity contribution in [2.75, 3.05) is 24.7 Å². The molecule has 0 aliphatic carbocycles. The first-order valence-electron chi connectivity index (χ1n) is 8.06. The lowest BCUT2D eigenvalue weighted by molar-refractivity contribution is -0.125. The molecule has 23 heavy (non-hydrogen) atoms. The molecule has 1 atom stereocenters. The lowest BCUT2D eigenvalue weighted by Crippen LogP contribution is -2.36. The van der Waals surface area contributed by atoms with Crippen LogP contribution in [0.1, 0.15) is 25.8 Å². The first-order chi connectivity index (χ1) is 10.9. The summed E-state index contributed by atoms with van der Waals surface area (Å²) in [6, 6.07) is 7.72. The van der Waals surface area contributed by atoms with Crippen molar-refractivity contribution >= 4 is 15.7 Å². The van der Waals surface area contributed by atoms with Gasteiger partial charge in [0.25, 0.3) is 0 Å². The Morgan fingerprint density at radius 3 is 2.83 bits per heavy atom. The zero-order valence-electron chi connectivity index (χ0n) is 13.7. The van der Waals surface area contributed by atoms with Gasteiger partial charge in [-0.15, -0.1) is 0 Å². The topological polar surface area (TPSA) is 72.5 Å². The highest BCUT2D eigenvalue weighted by molar-refractivity contribution is 7.91. The third kappa shape index (κ3) is 5.53. The van der Waals surface area contributed by atoms with Crippen LogP contribution in [0.2, 0.25) is 0 Å². The smallest absolute Gasteiger partial charge is 0.223 e. The Kier molecular flexibility index (Phi) is 6.04. The van der Waals surface area contributed by atoms with Crippen molar-refractivity contribution in [2.45, 2.75) is 26.7 Å². The van der Waals surface area contributed by atoms with Gasteiger partial charge in [-0.1, -0.05) is 32.0 Å². The van der Waals surface area contributed by atoms with Crippen LogP contribution < -0.4 is 10.1 Å². The van der Waals surface area contributed by atoms with Gasteiger partial charge < -0.3 is 10.1 Å². The summed E-state index contributed by atoms with van der Waals surface area (Å²) in [5, 5.41) is 2.77. The number of fused-ring (bicyclic) bond motifs is 1. The van der Waals surface area contributed by atoms with Crippen molar-refractivity contribution in [1.29, 1.82) is 0 Å². The molecule has 1 aromatic carbocycles. The van der Waals surface area contributed by atoms with Crippen LogP contribution in [0.4, 0.5) is 0 Å². The molecule has 1 aliphatic heterocycles. The van der Waals surface area contributed by atoms with Gasteiger partial charge in [-0.05, 0) is 30.4 Å². The molecular formula is C17H25NO4S. The lowest BCUT2D eigenvalue weighted by atomic mass is 9.96. The number of carbonyl (C=O) groups excluding carboxylic acids is 1. The van der Waals surface area contributed by atoms with Gasteiger partial charge in [0.2, 0.25) is 5.91 Å². The second kappa shape index (κ2) is 7.81. The molecule has 1 unspecified atom stereocenters. The summed E-state index contributed by atoms with van der Waals surface area (Å²) in [5.74, 6) is 0.828. The van der Waals surface area contributed by atoms with E-state index in [1.54, 1.807) is 0 Å². The molecule has 0 fully saturated rings. The fraction of sp³-hybridized carbons (Fsp3) is 0.588.